The van der Waals surface area contributed by atoms with Gasteiger partial charge >= 0.3 is 0 Å². The van der Waals surface area contributed by atoms with Crippen LogP contribution in [0.5, 0.6) is 0 Å². The average Bonchev–Trinajstić information content (AvgIpc) is 3.33. The monoisotopic (exact) mass is 417 g/mol. The number of hydrogen-bond donors (Lipinski definition) is 0. The van der Waals surface area contributed by atoms with Crippen LogP contribution in [0.25, 0.3) is 11.4 Å². The molecule has 0 saturated carbocycles. The molecule has 0 amide bonds. The molecule has 0 aliphatic carbocycles. The summed E-state index contributed by atoms with van der Waals surface area (Å²) < 4.78 is 33.2. The van der Waals surface area contributed by atoms with Crippen LogP contribution in [-0.2, 0) is 10.0 Å². The first-order valence-corrected chi connectivity index (χ1v) is 10.9. The number of aryl methyl sites for hydroxylation is 2. The number of halogens is 1. The summed E-state index contributed by atoms with van der Waals surface area (Å²) in [5.41, 5.74) is 2.80. The minimum atomic E-state index is -3.72. The fraction of sp³-hybridized carbons (Fsp3) is 0.300. The van der Waals surface area contributed by atoms with Crippen molar-refractivity contribution >= 4 is 21.6 Å². The molecular formula is C20H20ClN3O3S. The zero-order valence-electron chi connectivity index (χ0n) is 15.6. The van der Waals surface area contributed by atoms with E-state index in [0.29, 0.717) is 29.7 Å². The van der Waals surface area contributed by atoms with Gasteiger partial charge in [-0.25, -0.2) is 8.42 Å². The molecule has 1 saturated heterocycles. The molecule has 0 bridgehead atoms. The van der Waals surface area contributed by atoms with E-state index in [-0.39, 0.29) is 4.90 Å². The van der Waals surface area contributed by atoms with Crippen LogP contribution in [0.4, 0.5) is 0 Å². The van der Waals surface area contributed by atoms with Gasteiger partial charge in [0.25, 0.3) is 0 Å². The highest BCUT2D eigenvalue weighted by Gasteiger charge is 2.39. The Morgan fingerprint density at radius 3 is 2.61 bits per heavy atom. The molecule has 0 N–H and O–H groups in total. The highest BCUT2D eigenvalue weighted by atomic mass is 35.5. The number of hydrogen-bond acceptors (Lipinski definition) is 5. The maximum absolute atomic E-state index is 13.2. The number of benzene rings is 2. The summed E-state index contributed by atoms with van der Waals surface area (Å²) in [6.45, 7) is 4.24. The van der Waals surface area contributed by atoms with Gasteiger partial charge in [-0.3, -0.25) is 0 Å². The van der Waals surface area contributed by atoms with E-state index in [9.17, 15) is 8.42 Å². The SMILES string of the molecule is Cc1ccc(-c2noc([C@@H]3CCCN3S(=O)(=O)c3ccc(C)c(Cl)c3)n2)cc1. The molecule has 0 unspecified atom stereocenters. The van der Waals surface area contributed by atoms with Crippen molar-refractivity contribution in [3.05, 3.63) is 64.5 Å². The van der Waals surface area contributed by atoms with Gasteiger partial charge in [0.1, 0.15) is 6.04 Å². The van der Waals surface area contributed by atoms with Gasteiger partial charge in [0, 0.05) is 17.1 Å². The summed E-state index contributed by atoms with van der Waals surface area (Å²) in [4.78, 5) is 4.65. The molecule has 1 aliphatic rings. The molecule has 1 atom stereocenters. The lowest BCUT2D eigenvalue weighted by Crippen LogP contribution is -2.30. The largest absolute Gasteiger partial charge is 0.337 e. The number of aromatic nitrogens is 2. The molecule has 0 spiro atoms. The Balaban J connectivity index is 1.65. The van der Waals surface area contributed by atoms with Gasteiger partial charge in [-0.1, -0.05) is 52.7 Å². The fourth-order valence-corrected chi connectivity index (χ4v) is 5.26. The summed E-state index contributed by atoms with van der Waals surface area (Å²) in [6.07, 6.45) is 1.36. The Morgan fingerprint density at radius 1 is 1.14 bits per heavy atom. The first kappa shape index (κ1) is 19.1. The Hall–Kier alpha value is -2.22. The average molecular weight is 418 g/mol. The molecule has 1 fully saturated rings. The third kappa shape index (κ3) is 3.45. The van der Waals surface area contributed by atoms with Gasteiger partial charge < -0.3 is 4.52 Å². The van der Waals surface area contributed by atoms with Crippen LogP contribution in [0, 0.1) is 13.8 Å². The van der Waals surface area contributed by atoms with Crippen LogP contribution < -0.4 is 0 Å². The smallest absolute Gasteiger partial charge is 0.245 e. The van der Waals surface area contributed by atoms with Crippen LogP contribution in [0.3, 0.4) is 0 Å². The number of nitrogens with zero attached hydrogens (tertiary/aromatic N) is 3. The quantitative estimate of drug-likeness (QED) is 0.623. The van der Waals surface area contributed by atoms with E-state index >= 15 is 0 Å². The zero-order valence-corrected chi connectivity index (χ0v) is 17.2. The first-order chi connectivity index (χ1) is 13.4. The molecule has 6 nitrogen and oxygen atoms in total. The van der Waals surface area contributed by atoms with Crippen molar-refractivity contribution in [1.29, 1.82) is 0 Å². The van der Waals surface area contributed by atoms with Crippen molar-refractivity contribution in [2.24, 2.45) is 0 Å². The zero-order chi connectivity index (χ0) is 19.9. The molecule has 1 aliphatic heterocycles. The molecule has 3 aromatic rings. The van der Waals surface area contributed by atoms with Gasteiger partial charge in [0.05, 0.1) is 4.90 Å². The highest BCUT2D eigenvalue weighted by Crippen LogP contribution is 2.37. The van der Waals surface area contributed by atoms with E-state index in [4.69, 9.17) is 16.1 Å². The summed E-state index contributed by atoms with van der Waals surface area (Å²) in [6, 6.07) is 12.1. The van der Waals surface area contributed by atoms with Crippen LogP contribution in [0.15, 0.2) is 51.9 Å². The molecule has 1 aromatic heterocycles. The lowest BCUT2D eigenvalue weighted by Gasteiger charge is -2.21. The standard InChI is InChI=1S/C20H20ClN3O3S/c1-13-5-8-15(9-6-13)19-22-20(27-23-19)18-4-3-11-24(18)28(25,26)16-10-7-14(2)17(21)12-16/h5-10,12,18H,3-4,11H2,1-2H3/t18-/m0/s1. The van der Waals surface area contributed by atoms with E-state index < -0.39 is 16.1 Å². The van der Waals surface area contributed by atoms with Crippen molar-refractivity contribution in [2.45, 2.75) is 37.6 Å². The molecule has 0 radical (unpaired) electrons. The van der Waals surface area contributed by atoms with Crippen molar-refractivity contribution in [3.8, 4) is 11.4 Å². The van der Waals surface area contributed by atoms with Gasteiger partial charge in [-0.2, -0.15) is 9.29 Å². The molecular weight excluding hydrogens is 398 g/mol. The normalized spacial score (nSPS) is 17.9. The lowest BCUT2D eigenvalue weighted by molar-refractivity contribution is 0.290. The maximum atomic E-state index is 13.2. The molecule has 4 rings (SSSR count). The first-order valence-electron chi connectivity index (χ1n) is 9.05. The third-order valence-electron chi connectivity index (χ3n) is 4.99. The van der Waals surface area contributed by atoms with E-state index in [1.54, 1.807) is 12.1 Å². The second kappa shape index (κ2) is 7.31. The summed E-state index contributed by atoms with van der Waals surface area (Å²) in [5.74, 6) is 0.771. The summed E-state index contributed by atoms with van der Waals surface area (Å²) >= 11 is 6.14. The van der Waals surface area contributed by atoms with Crippen molar-refractivity contribution in [1.82, 2.24) is 14.4 Å². The fourth-order valence-electron chi connectivity index (χ4n) is 3.33. The predicted octanol–water partition coefficient (Wildman–Crippen LogP) is 4.53. The topological polar surface area (TPSA) is 76.3 Å². The third-order valence-corrected chi connectivity index (χ3v) is 7.30. The molecule has 146 valence electrons. The second-order valence-electron chi connectivity index (χ2n) is 7.01. The molecule has 8 heteroatoms. The van der Waals surface area contributed by atoms with E-state index in [2.05, 4.69) is 10.1 Å². The second-order valence-corrected chi connectivity index (χ2v) is 9.30. The van der Waals surface area contributed by atoms with Crippen LogP contribution in [0.1, 0.15) is 35.9 Å². The van der Waals surface area contributed by atoms with Gasteiger partial charge in [0.2, 0.25) is 21.7 Å². The predicted molar refractivity (Wildman–Crippen MR) is 107 cm³/mol. The Kier molecular flexibility index (Phi) is 4.99. The van der Waals surface area contributed by atoms with E-state index in [0.717, 1.165) is 23.1 Å². The minimum absolute atomic E-state index is 0.174. The molecule has 2 aromatic carbocycles. The van der Waals surface area contributed by atoms with Crippen LogP contribution in [0.2, 0.25) is 5.02 Å². The Labute approximate surface area is 169 Å². The summed E-state index contributed by atoms with van der Waals surface area (Å²) in [7, 11) is -3.72. The van der Waals surface area contributed by atoms with Crippen LogP contribution in [-0.4, -0.2) is 29.4 Å². The minimum Gasteiger partial charge on any atom is -0.337 e. The lowest BCUT2D eigenvalue weighted by atomic mass is 10.1. The maximum Gasteiger partial charge on any atom is 0.245 e. The van der Waals surface area contributed by atoms with Crippen LogP contribution >= 0.6 is 11.6 Å². The van der Waals surface area contributed by atoms with Crippen molar-refractivity contribution in [2.75, 3.05) is 6.54 Å². The molecule has 2 heterocycles. The van der Waals surface area contributed by atoms with Crippen molar-refractivity contribution < 1.29 is 12.9 Å². The number of sulfonamides is 1. The Bertz CT molecular complexity index is 1110. The number of rotatable bonds is 4. The van der Waals surface area contributed by atoms with E-state index in [1.165, 1.54) is 10.4 Å². The molecule has 28 heavy (non-hydrogen) atoms. The van der Waals surface area contributed by atoms with Gasteiger partial charge in [-0.15, -0.1) is 0 Å². The van der Waals surface area contributed by atoms with Crippen molar-refractivity contribution in [3.63, 3.8) is 0 Å². The summed E-state index contributed by atoms with van der Waals surface area (Å²) in [5, 5.41) is 4.47. The van der Waals surface area contributed by atoms with E-state index in [1.807, 2.05) is 38.1 Å². The Morgan fingerprint density at radius 2 is 1.89 bits per heavy atom. The van der Waals surface area contributed by atoms with Gasteiger partial charge in [0.15, 0.2) is 0 Å². The van der Waals surface area contributed by atoms with Gasteiger partial charge in [-0.05, 0) is 44.4 Å². The highest BCUT2D eigenvalue weighted by molar-refractivity contribution is 7.89.